The molecule has 4 nitrogen and oxygen atoms in total. The van der Waals surface area contributed by atoms with Gasteiger partial charge in [-0.05, 0) is 24.6 Å². The number of carbonyl (C=O) groups excluding carboxylic acids is 1. The van der Waals surface area contributed by atoms with Crippen LogP contribution in [0.1, 0.15) is 30.1 Å². The number of hydrogen-bond donors (Lipinski definition) is 3. The number of anilines is 1. The summed E-state index contributed by atoms with van der Waals surface area (Å²) in [5.41, 5.74) is 12.0. The second-order valence-corrected chi connectivity index (χ2v) is 4.33. The minimum Gasteiger partial charge on any atom is -0.380 e. The Morgan fingerprint density at radius 1 is 1.53 bits per heavy atom. The highest BCUT2D eigenvalue weighted by atomic mass is 35.5. The number of halogens is 1. The predicted molar refractivity (Wildman–Crippen MR) is 71.3 cm³/mol. The molecule has 0 saturated heterocycles. The zero-order valence-corrected chi connectivity index (χ0v) is 10.6. The van der Waals surface area contributed by atoms with Gasteiger partial charge in [0.2, 0.25) is 5.91 Å². The molecule has 1 amide bonds. The summed E-state index contributed by atoms with van der Waals surface area (Å²) in [4.78, 5) is 11.0. The quantitative estimate of drug-likeness (QED) is 0.727. The van der Waals surface area contributed by atoms with Crippen LogP contribution in [0.25, 0.3) is 0 Å². The third-order valence-corrected chi connectivity index (χ3v) is 2.85. The Kier molecular flexibility index (Phi) is 5.25. The summed E-state index contributed by atoms with van der Waals surface area (Å²) in [6, 6.07) is 5.15. The lowest BCUT2D eigenvalue weighted by Gasteiger charge is -2.18. The van der Waals surface area contributed by atoms with Crippen molar-refractivity contribution < 1.29 is 4.79 Å². The standard InChI is InChI=1S/C12H18ClN3O/c1-2-3-9(7-14)16-11-5-4-8(12(15)17)6-10(11)13/h4-6,9,16H,2-3,7,14H2,1H3,(H2,15,17). The Labute approximate surface area is 106 Å². The highest BCUT2D eigenvalue weighted by Crippen LogP contribution is 2.24. The van der Waals surface area contributed by atoms with E-state index in [1.165, 1.54) is 0 Å². The molecule has 0 aliphatic heterocycles. The van der Waals surface area contributed by atoms with Crippen molar-refractivity contribution in [3.8, 4) is 0 Å². The maximum atomic E-state index is 11.0. The normalized spacial score (nSPS) is 12.2. The zero-order valence-electron chi connectivity index (χ0n) is 9.87. The van der Waals surface area contributed by atoms with Gasteiger partial charge in [-0.1, -0.05) is 24.9 Å². The molecular formula is C12H18ClN3O. The van der Waals surface area contributed by atoms with E-state index in [0.29, 0.717) is 17.1 Å². The molecule has 5 N–H and O–H groups in total. The minimum absolute atomic E-state index is 0.192. The molecule has 5 heteroatoms. The SMILES string of the molecule is CCCC(CN)Nc1ccc(C(N)=O)cc1Cl. The van der Waals surface area contributed by atoms with Crippen molar-refractivity contribution in [2.24, 2.45) is 11.5 Å². The molecule has 0 aliphatic rings. The first-order valence-electron chi connectivity index (χ1n) is 5.64. The van der Waals surface area contributed by atoms with E-state index in [0.717, 1.165) is 18.5 Å². The van der Waals surface area contributed by atoms with Gasteiger partial charge in [0.05, 0.1) is 10.7 Å². The number of nitrogens with two attached hydrogens (primary N) is 2. The van der Waals surface area contributed by atoms with E-state index in [1.807, 2.05) is 0 Å². The van der Waals surface area contributed by atoms with Gasteiger partial charge < -0.3 is 16.8 Å². The fourth-order valence-corrected chi connectivity index (χ4v) is 1.84. The largest absolute Gasteiger partial charge is 0.380 e. The molecule has 0 spiro atoms. The number of nitrogens with one attached hydrogen (secondary N) is 1. The highest BCUT2D eigenvalue weighted by Gasteiger charge is 2.09. The van der Waals surface area contributed by atoms with Crippen LogP contribution < -0.4 is 16.8 Å². The average molecular weight is 256 g/mol. The molecule has 0 fully saturated rings. The summed E-state index contributed by atoms with van der Waals surface area (Å²) < 4.78 is 0. The van der Waals surface area contributed by atoms with Gasteiger partial charge in [-0.3, -0.25) is 4.79 Å². The van der Waals surface area contributed by atoms with Crippen molar-refractivity contribution in [3.05, 3.63) is 28.8 Å². The molecule has 0 radical (unpaired) electrons. The number of rotatable bonds is 6. The fraction of sp³-hybridized carbons (Fsp3) is 0.417. The topological polar surface area (TPSA) is 81.1 Å². The second-order valence-electron chi connectivity index (χ2n) is 3.92. The lowest BCUT2D eigenvalue weighted by atomic mass is 10.1. The number of carbonyl (C=O) groups is 1. The van der Waals surface area contributed by atoms with E-state index in [9.17, 15) is 4.79 Å². The van der Waals surface area contributed by atoms with Crippen LogP contribution >= 0.6 is 11.6 Å². The van der Waals surface area contributed by atoms with Gasteiger partial charge in [-0.15, -0.1) is 0 Å². The van der Waals surface area contributed by atoms with Gasteiger partial charge >= 0.3 is 0 Å². The van der Waals surface area contributed by atoms with Crippen LogP contribution in [0.15, 0.2) is 18.2 Å². The first-order chi connectivity index (χ1) is 8.08. The Morgan fingerprint density at radius 3 is 2.71 bits per heavy atom. The van der Waals surface area contributed by atoms with Gasteiger partial charge in [0.1, 0.15) is 0 Å². The maximum absolute atomic E-state index is 11.0. The van der Waals surface area contributed by atoms with Gasteiger partial charge in [0.15, 0.2) is 0 Å². The van der Waals surface area contributed by atoms with Crippen LogP contribution in [-0.2, 0) is 0 Å². The van der Waals surface area contributed by atoms with Crippen molar-refractivity contribution >= 4 is 23.2 Å². The van der Waals surface area contributed by atoms with E-state index in [4.69, 9.17) is 23.1 Å². The van der Waals surface area contributed by atoms with Crippen LogP contribution in [0.3, 0.4) is 0 Å². The first-order valence-corrected chi connectivity index (χ1v) is 6.02. The van der Waals surface area contributed by atoms with Crippen LogP contribution in [0.2, 0.25) is 5.02 Å². The fourth-order valence-electron chi connectivity index (χ4n) is 1.60. The minimum atomic E-state index is -0.484. The third-order valence-electron chi connectivity index (χ3n) is 2.53. The summed E-state index contributed by atoms with van der Waals surface area (Å²) in [6.07, 6.45) is 2.02. The summed E-state index contributed by atoms with van der Waals surface area (Å²) in [5, 5.41) is 3.74. The van der Waals surface area contributed by atoms with Crippen molar-refractivity contribution in [1.82, 2.24) is 0 Å². The van der Waals surface area contributed by atoms with E-state index in [2.05, 4.69) is 12.2 Å². The molecule has 0 heterocycles. The molecule has 0 bridgehead atoms. The Hall–Kier alpha value is -1.26. The summed E-state index contributed by atoms with van der Waals surface area (Å²) in [7, 11) is 0. The molecular weight excluding hydrogens is 238 g/mol. The van der Waals surface area contributed by atoms with E-state index in [1.54, 1.807) is 18.2 Å². The van der Waals surface area contributed by atoms with Gasteiger partial charge in [-0.25, -0.2) is 0 Å². The van der Waals surface area contributed by atoms with Gasteiger partial charge in [0.25, 0.3) is 0 Å². The van der Waals surface area contributed by atoms with Crippen LogP contribution in [-0.4, -0.2) is 18.5 Å². The van der Waals surface area contributed by atoms with E-state index < -0.39 is 5.91 Å². The maximum Gasteiger partial charge on any atom is 0.248 e. The van der Waals surface area contributed by atoms with Crippen molar-refractivity contribution in [2.75, 3.05) is 11.9 Å². The third kappa shape index (κ3) is 3.91. The molecule has 0 aliphatic carbocycles. The second kappa shape index (κ2) is 6.47. The Balaban J connectivity index is 2.81. The Bertz CT molecular complexity index is 395. The molecule has 1 atom stereocenters. The Morgan fingerprint density at radius 2 is 2.24 bits per heavy atom. The molecule has 17 heavy (non-hydrogen) atoms. The number of benzene rings is 1. The van der Waals surface area contributed by atoms with E-state index >= 15 is 0 Å². The van der Waals surface area contributed by atoms with Crippen molar-refractivity contribution in [3.63, 3.8) is 0 Å². The lowest BCUT2D eigenvalue weighted by molar-refractivity contribution is 0.100. The average Bonchev–Trinajstić information content (AvgIpc) is 2.30. The summed E-state index contributed by atoms with van der Waals surface area (Å²) in [5.74, 6) is -0.484. The van der Waals surface area contributed by atoms with E-state index in [-0.39, 0.29) is 6.04 Å². The number of amides is 1. The number of primary amides is 1. The summed E-state index contributed by atoms with van der Waals surface area (Å²) in [6.45, 7) is 2.64. The molecule has 0 aromatic heterocycles. The smallest absolute Gasteiger partial charge is 0.248 e. The van der Waals surface area contributed by atoms with Crippen LogP contribution in [0, 0.1) is 0 Å². The van der Waals surface area contributed by atoms with Crippen LogP contribution in [0.4, 0.5) is 5.69 Å². The predicted octanol–water partition coefficient (Wildman–Crippen LogP) is 1.98. The van der Waals surface area contributed by atoms with Gasteiger partial charge in [0, 0.05) is 18.2 Å². The molecule has 1 rings (SSSR count). The van der Waals surface area contributed by atoms with Gasteiger partial charge in [-0.2, -0.15) is 0 Å². The molecule has 1 aromatic rings. The molecule has 94 valence electrons. The molecule has 1 unspecified atom stereocenters. The highest BCUT2D eigenvalue weighted by molar-refractivity contribution is 6.33. The van der Waals surface area contributed by atoms with Crippen LogP contribution in [0.5, 0.6) is 0 Å². The van der Waals surface area contributed by atoms with Crippen molar-refractivity contribution in [1.29, 1.82) is 0 Å². The summed E-state index contributed by atoms with van der Waals surface area (Å²) >= 11 is 6.06. The zero-order chi connectivity index (χ0) is 12.8. The first kappa shape index (κ1) is 13.8. The monoisotopic (exact) mass is 255 g/mol. The molecule has 0 saturated carbocycles. The van der Waals surface area contributed by atoms with Crippen molar-refractivity contribution in [2.45, 2.75) is 25.8 Å². The molecule has 1 aromatic carbocycles. The number of hydrogen-bond acceptors (Lipinski definition) is 3. The lowest BCUT2D eigenvalue weighted by Crippen LogP contribution is -2.28.